The van der Waals surface area contributed by atoms with Crippen LogP contribution in [0.15, 0.2) is 29.1 Å². The minimum absolute atomic E-state index is 0.0724. The zero-order valence-electron chi connectivity index (χ0n) is 9.50. The summed E-state index contributed by atoms with van der Waals surface area (Å²) in [4.78, 5) is 15.4. The van der Waals surface area contributed by atoms with Crippen molar-refractivity contribution in [2.24, 2.45) is 0 Å². The molecule has 1 aromatic heterocycles. The number of aromatic nitrogens is 1. The van der Waals surface area contributed by atoms with E-state index in [-0.39, 0.29) is 5.43 Å². The maximum Gasteiger partial charge on any atom is 0.189 e. The average Bonchev–Trinajstić information content (AvgIpc) is 2.84. The molecule has 1 aliphatic rings. The molecule has 1 fully saturated rings. The first kappa shape index (κ1) is 10.8. The summed E-state index contributed by atoms with van der Waals surface area (Å²) in [5.74, 6) is 0.503. The molecule has 0 saturated heterocycles. The number of hydrogen-bond acceptors (Lipinski definition) is 1. The highest BCUT2D eigenvalue weighted by Gasteiger charge is 2.19. The molecule has 0 radical (unpaired) electrons. The van der Waals surface area contributed by atoms with Crippen LogP contribution in [-0.2, 0) is 0 Å². The van der Waals surface area contributed by atoms with Gasteiger partial charge in [0.25, 0.3) is 0 Å². The van der Waals surface area contributed by atoms with Gasteiger partial charge in [-0.25, -0.2) is 0 Å². The maximum atomic E-state index is 12.0. The summed E-state index contributed by atoms with van der Waals surface area (Å²) in [5, 5.41) is 1.30. The first-order chi connectivity index (χ1) is 8.25. The van der Waals surface area contributed by atoms with Crippen LogP contribution in [0.4, 0.5) is 0 Å². The van der Waals surface area contributed by atoms with Crippen LogP contribution in [0.2, 0.25) is 5.02 Å². The summed E-state index contributed by atoms with van der Waals surface area (Å²) in [6, 6.07) is 7.19. The molecule has 0 amide bonds. The number of benzene rings is 1. The number of fused-ring (bicyclic) bond motifs is 1. The number of pyridine rings is 1. The highest BCUT2D eigenvalue weighted by atomic mass is 35.5. The molecule has 2 aromatic rings. The first-order valence-electron chi connectivity index (χ1n) is 6.07. The van der Waals surface area contributed by atoms with Crippen LogP contribution in [-0.4, -0.2) is 4.98 Å². The van der Waals surface area contributed by atoms with Gasteiger partial charge in [-0.05, 0) is 30.9 Å². The Morgan fingerprint density at radius 1 is 1.24 bits per heavy atom. The van der Waals surface area contributed by atoms with E-state index < -0.39 is 0 Å². The van der Waals surface area contributed by atoms with Gasteiger partial charge in [0.05, 0.1) is 10.5 Å². The Morgan fingerprint density at radius 3 is 2.76 bits per heavy atom. The van der Waals surface area contributed by atoms with E-state index in [2.05, 4.69) is 4.98 Å². The molecule has 0 aliphatic heterocycles. The van der Waals surface area contributed by atoms with E-state index in [1.54, 1.807) is 6.07 Å². The van der Waals surface area contributed by atoms with Gasteiger partial charge < -0.3 is 4.98 Å². The standard InChI is InChI=1S/C14H14ClNO/c15-11-7-3-6-10-13(17)8-12(16-14(10)11)9-4-1-2-5-9/h3,6-9H,1-2,4-5H2,(H,16,17). The van der Waals surface area contributed by atoms with Gasteiger partial charge in [-0.15, -0.1) is 0 Å². The molecule has 1 aromatic carbocycles. The van der Waals surface area contributed by atoms with Crippen molar-refractivity contribution in [3.63, 3.8) is 0 Å². The number of rotatable bonds is 1. The van der Waals surface area contributed by atoms with Crippen LogP contribution >= 0.6 is 11.6 Å². The fraction of sp³-hybridized carbons (Fsp3) is 0.357. The third kappa shape index (κ3) is 1.87. The molecule has 88 valence electrons. The highest BCUT2D eigenvalue weighted by molar-refractivity contribution is 6.35. The lowest BCUT2D eigenvalue weighted by Gasteiger charge is -2.11. The molecule has 0 spiro atoms. The quantitative estimate of drug-likeness (QED) is 0.816. The third-order valence-corrected chi connectivity index (χ3v) is 3.94. The Hall–Kier alpha value is -1.28. The Bertz CT molecular complexity index is 611. The predicted octanol–water partition coefficient (Wildman–Crippen LogP) is 3.84. The first-order valence-corrected chi connectivity index (χ1v) is 6.45. The second kappa shape index (κ2) is 4.19. The van der Waals surface area contributed by atoms with Crippen molar-refractivity contribution in [3.8, 4) is 0 Å². The van der Waals surface area contributed by atoms with E-state index in [1.165, 1.54) is 25.7 Å². The molecule has 0 bridgehead atoms. The van der Waals surface area contributed by atoms with Gasteiger partial charge in [0.2, 0.25) is 0 Å². The predicted molar refractivity (Wildman–Crippen MR) is 70.8 cm³/mol. The van der Waals surface area contributed by atoms with Gasteiger partial charge in [-0.3, -0.25) is 4.79 Å². The molecule has 1 aliphatic carbocycles. The Kier molecular flexibility index (Phi) is 2.67. The van der Waals surface area contributed by atoms with E-state index in [0.717, 1.165) is 11.2 Å². The van der Waals surface area contributed by atoms with Crippen molar-refractivity contribution < 1.29 is 0 Å². The molecular weight excluding hydrogens is 234 g/mol. The number of H-pyrrole nitrogens is 1. The topological polar surface area (TPSA) is 32.9 Å². The van der Waals surface area contributed by atoms with E-state index in [4.69, 9.17) is 11.6 Å². The molecule has 3 rings (SSSR count). The number of nitrogens with one attached hydrogen (secondary N) is 1. The third-order valence-electron chi connectivity index (χ3n) is 3.63. The maximum absolute atomic E-state index is 12.0. The SMILES string of the molecule is O=c1cc(C2CCCC2)[nH]c2c(Cl)cccc12. The molecule has 0 atom stereocenters. The summed E-state index contributed by atoms with van der Waals surface area (Å²) in [5.41, 5.74) is 1.90. The van der Waals surface area contributed by atoms with E-state index in [1.807, 2.05) is 18.2 Å². The molecule has 17 heavy (non-hydrogen) atoms. The fourth-order valence-corrected chi connectivity index (χ4v) is 2.93. The van der Waals surface area contributed by atoms with Gasteiger partial charge >= 0.3 is 0 Å². The van der Waals surface area contributed by atoms with Gasteiger partial charge in [0.15, 0.2) is 5.43 Å². The summed E-state index contributed by atoms with van der Waals surface area (Å²) < 4.78 is 0. The zero-order valence-corrected chi connectivity index (χ0v) is 10.3. The lowest BCUT2D eigenvalue weighted by atomic mass is 10.0. The van der Waals surface area contributed by atoms with Crippen molar-refractivity contribution in [1.82, 2.24) is 4.98 Å². The van der Waals surface area contributed by atoms with Crippen molar-refractivity contribution in [1.29, 1.82) is 0 Å². The Labute approximate surface area is 105 Å². The summed E-state index contributed by atoms with van der Waals surface area (Å²) in [7, 11) is 0. The number of aromatic amines is 1. The minimum atomic E-state index is 0.0724. The number of hydrogen-bond donors (Lipinski definition) is 1. The second-order valence-corrected chi connectivity index (χ2v) is 5.14. The lowest BCUT2D eigenvalue weighted by molar-refractivity contribution is 0.700. The zero-order chi connectivity index (χ0) is 11.8. The lowest BCUT2D eigenvalue weighted by Crippen LogP contribution is -2.07. The minimum Gasteiger partial charge on any atom is -0.357 e. The van der Waals surface area contributed by atoms with E-state index >= 15 is 0 Å². The molecule has 1 N–H and O–H groups in total. The fourth-order valence-electron chi connectivity index (χ4n) is 2.71. The average molecular weight is 248 g/mol. The monoisotopic (exact) mass is 247 g/mol. The van der Waals surface area contributed by atoms with Crippen LogP contribution < -0.4 is 5.43 Å². The largest absolute Gasteiger partial charge is 0.357 e. The second-order valence-electron chi connectivity index (χ2n) is 4.73. The normalized spacial score (nSPS) is 16.8. The van der Waals surface area contributed by atoms with Gasteiger partial charge in [0, 0.05) is 17.1 Å². The van der Waals surface area contributed by atoms with Crippen LogP contribution in [0.25, 0.3) is 10.9 Å². The van der Waals surface area contributed by atoms with Crippen molar-refractivity contribution >= 4 is 22.5 Å². The molecular formula is C14H14ClNO. The Morgan fingerprint density at radius 2 is 2.00 bits per heavy atom. The van der Waals surface area contributed by atoms with E-state index in [0.29, 0.717) is 16.3 Å². The van der Waals surface area contributed by atoms with Crippen LogP contribution in [0.5, 0.6) is 0 Å². The summed E-state index contributed by atoms with van der Waals surface area (Å²) in [6.45, 7) is 0. The van der Waals surface area contributed by atoms with Crippen LogP contribution in [0.3, 0.4) is 0 Å². The van der Waals surface area contributed by atoms with Crippen molar-refractivity contribution in [2.75, 3.05) is 0 Å². The van der Waals surface area contributed by atoms with Crippen LogP contribution in [0, 0.1) is 0 Å². The van der Waals surface area contributed by atoms with Crippen molar-refractivity contribution in [2.45, 2.75) is 31.6 Å². The molecule has 1 saturated carbocycles. The van der Waals surface area contributed by atoms with Crippen LogP contribution in [0.1, 0.15) is 37.3 Å². The van der Waals surface area contributed by atoms with Gasteiger partial charge in [-0.1, -0.05) is 30.5 Å². The molecule has 2 nitrogen and oxygen atoms in total. The van der Waals surface area contributed by atoms with Crippen molar-refractivity contribution in [3.05, 3.63) is 45.2 Å². The van der Waals surface area contributed by atoms with Gasteiger partial charge in [0.1, 0.15) is 0 Å². The number of para-hydroxylation sites is 1. The Balaban J connectivity index is 2.22. The number of halogens is 1. The summed E-state index contributed by atoms with van der Waals surface area (Å²) in [6.07, 6.45) is 4.86. The summed E-state index contributed by atoms with van der Waals surface area (Å²) >= 11 is 6.14. The molecule has 1 heterocycles. The van der Waals surface area contributed by atoms with E-state index in [9.17, 15) is 4.79 Å². The highest BCUT2D eigenvalue weighted by Crippen LogP contribution is 2.33. The molecule has 3 heteroatoms. The van der Waals surface area contributed by atoms with Gasteiger partial charge in [-0.2, -0.15) is 0 Å². The smallest absolute Gasteiger partial charge is 0.189 e. The molecule has 0 unspecified atom stereocenters.